The number of benzene rings is 1. The predicted molar refractivity (Wildman–Crippen MR) is 44.2 cm³/mol. The summed E-state index contributed by atoms with van der Waals surface area (Å²) in [6.45, 7) is 0. The summed E-state index contributed by atoms with van der Waals surface area (Å²) in [6, 6.07) is 5.79. The van der Waals surface area contributed by atoms with Gasteiger partial charge in [0.2, 0.25) is 0 Å². The van der Waals surface area contributed by atoms with Crippen LogP contribution < -0.4 is 0 Å². The zero-order chi connectivity index (χ0) is 9.84. The highest BCUT2D eigenvalue weighted by Crippen LogP contribution is 2.09. The van der Waals surface area contributed by atoms with Crippen molar-refractivity contribution >= 4 is 11.9 Å². The molecule has 0 aliphatic heterocycles. The minimum Gasteiger partial charge on any atom is -0.478 e. The van der Waals surface area contributed by atoms with Crippen LogP contribution in [0, 0.1) is 7.11 Å². The lowest BCUT2D eigenvalue weighted by Crippen LogP contribution is -2.08. The van der Waals surface area contributed by atoms with Crippen molar-refractivity contribution in [3.05, 3.63) is 42.5 Å². The molecule has 1 aromatic carbocycles. The Kier molecular flexibility index (Phi) is 2.64. The van der Waals surface area contributed by atoms with E-state index in [4.69, 9.17) is 5.11 Å². The van der Waals surface area contributed by atoms with Gasteiger partial charge in [-0.3, -0.25) is 0 Å². The monoisotopic (exact) mass is 179 g/mol. The maximum atomic E-state index is 11.0. The van der Waals surface area contributed by atoms with Crippen LogP contribution in [0.3, 0.4) is 0 Å². The van der Waals surface area contributed by atoms with E-state index >= 15 is 0 Å². The van der Waals surface area contributed by atoms with Gasteiger partial charge in [-0.05, 0) is 12.1 Å². The van der Waals surface area contributed by atoms with Gasteiger partial charge in [-0.2, -0.15) is 0 Å². The van der Waals surface area contributed by atoms with E-state index in [-0.39, 0.29) is 11.1 Å². The van der Waals surface area contributed by atoms with E-state index in [1.165, 1.54) is 18.2 Å². The molecule has 0 heterocycles. The molecule has 0 fully saturated rings. The molecule has 4 nitrogen and oxygen atoms in total. The molecule has 1 N–H and O–H groups in total. The van der Waals surface area contributed by atoms with E-state index in [0.29, 0.717) is 0 Å². The lowest BCUT2D eigenvalue weighted by atomic mass is 10.1. The Morgan fingerprint density at radius 1 is 1.23 bits per heavy atom. The van der Waals surface area contributed by atoms with Crippen molar-refractivity contribution in [2.75, 3.05) is 0 Å². The summed E-state index contributed by atoms with van der Waals surface area (Å²) in [6.07, 6.45) is 0. The first kappa shape index (κ1) is 9.25. The first-order valence-corrected chi connectivity index (χ1v) is 3.45. The van der Waals surface area contributed by atoms with Crippen LogP contribution in [-0.2, 0) is 4.74 Å². The molecule has 0 aliphatic rings. The number of carbonyl (C=O) groups excluding carboxylic acids is 1. The average molecular weight is 179 g/mol. The van der Waals surface area contributed by atoms with E-state index in [1.54, 1.807) is 6.07 Å². The molecule has 0 bridgehead atoms. The largest absolute Gasteiger partial charge is 0.478 e. The van der Waals surface area contributed by atoms with Crippen molar-refractivity contribution < 1.29 is 19.4 Å². The van der Waals surface area contributed by atoms with Crippen LogP contribution in [-0.4, -0.2) is 17.0 Å². The van der Waals surface area contributed by atoms with Gasteiger partial charge in [-0.1, -0.05) is 12.1 Å². The Hall–Kier alpha value is -1.84. The highest BCUT2D eigenvalue weighted by atomic mass is 16.5. The molecule has 1 aromatic rings. The van der Waals surface area contributed by atoms with Gasteiger partial charge in [0.25, 0.3) is 0 Å². The van der Waals surface area contributed by atoms with Crippen molar-refractivity contribution in [2.45, 2.75) is 0 Å². The normalized spacial score (nSPS) is 9.31. The highest BCUT2D eigenvalue weighted by Gasteiger charge is 2.15. The second-order valence-electron chi connectivity index (χ2n) is 2.28. The van der Waals surface area contributed by atoms with Crippen LogP contribution >= 0.6 is 0 Å². The van der Waals surface area contributed by atoms with Gasteiger partial charge in [0.05, 0.1) is 11.1 Å². The SMILES string of the molecule is [CH2]OC(=O)c1ccccc1C(=O)O. The number of hydrogen-bond acceptors (Lipinski definition) is 3. The molecule has 13 heavy (non-hydrogen) atoms. The van der Waals surface area contributed by atoms with E-state index in [2.05, 4.69) is 11.8 Å². The topological polar surface area (TPSA) is 63.6 Å². The van der Waals surface area contributed by atoms with Gasteiger partial charge in [-0.15, -0.1) is 0 Å². The van der Waals surface area contributed by atoms with Gasteiger partial charge < -0.3 is 9.84 Å². The third kappa shape index (κ3) is 1.84. The van der Waals surface area contributed by atoms with Crippen molar-refractivity contribution in [1.82, 2.24) is 0 Å². The zero-order valence-corrected chi connectivity index (χ0v) is 6.69. The smallest absolute Gasteiger partial charge is 0.339 e. The van der Waals surface area contributed by atoms with Gasteiger partial charge >= 0.3 is 11.9 Å². The van der Waals surface area contributed by atoms with E-state index < -0.39 is 11.9 Å². The van der Waals surface area contributed by atoms with Crippen molar-refractivity contribution in [2.24, 2.45) is 0 Å². The molecule has 0 saturated carbocycles. The molecule has 0 atom stereocenters. The highest BCUT2D eigenvalue weighted by molar-refractivity contribution is 6.02. The maximum absolute atomic E-state index is 11.0. The van der Waals surface area contributed by atoms with E-state index in [1.807, 2.05) is 0 Å². The second-order valence-corrected chi connectivity index (χ2v) is 2.28. The van der Waals surface area contributed by atoms with Crippen LogP contribution in [0.4, 0.5) is 0 Å². The fraction of sp³-hybridized carbons (Fsp3) is 0. The van der Waals surface area contributed by atoms with Crippen LogP contribution in [0.5, 0.6) is 0 Å². The Bertz CT molecular complexity index is 343. The molecule has 0 aromatic heterocycles. The predicted octanol–water partition coefficient (Wildman–Crippen LogP) is 1.33. The summed E-state index contributed by atoms with van der Waals surface area (Å²) >= 11 is 0. The van der Waals surface area contributed by atoms with E-state index in [0.717, 1.165) is 0 Å². The Morgan fingerprint density at radius 2 is 1.77 bits per heavy atom. The average Bonchev–Trinajstić information content (AvgIpc) is 2.16. The number of rotatable bonds is 2. The standard InChI is InChI=1S/C9H7O4/c1-13-9(12)7-5-3-2-4-6(7)8(10)11/h2-5H,1H2,(H,10,11). The minimum atomic E-state index is -1.17. The summed E-state index contributed by atoms with van der Waals surface area (Å²) in [5, 5.41) is 8.68. The van der Waals surface area contributed by atoms with Crippen LogP contribution in [0.15, 0.2) is 24.3 Å². The fourth-order valence-electron chi connectivity index (χ4n) is 0.925. The maximum Gasteiger partial charge on any atom is 0.339 e. The molecule has 0 amide bonds. The summed E-state index contributed by atoms with van der Waals surface area (Å²) in [4.78, 5) is 21.6. The lowest BCUT2D eigenvalue weighted by Gasteiger charge is -2.01. The van der Waals surface area contributed by atoms with Gasteiger partial charge in [-0.25, -0.2) is 9.59 Å². The number of carboxylic acids is 1. The van der Waals surface area contributed by atoms with Gasteiger partial charge in [0.15, 0.2) is 0 Å². The zero-order valence-electron chi connectivity index (χ0n) is 6.69. The van der Waals surface area contributed by atoms with E-state index in [9.17, 15) is 9.59 Å². The molecule has 1 rings (SSSR count). The van der Waals surface area contributed by atoms with Crippen molar-refractivity contribution in [3.8, 4) is 0 Å². The number of aromatic carboxylic acids is 1. The molecule has 0 spiro atoms. The lowest BCUT2D eigenvalue weighted by molar-refractivity contribution is 0.0625. The van der Waals surface area contributed by atoms with Gasteiger partial charge in [0, 0.05) is 0 Å². The van der Waals surface area contributed by atoms with Gasteiger partial charge in [0.1, 0.15) is 7.11 Å². The summed E-state index contributed by atoms with van der Waals surface area (Å²) in [5.74, 6) is -1.92. The third-order valence-electron chi connectivity index (χ3n) is 1.51. The summed E-state index contributed by atoms with van der Waals surface area (Å²) in [5.41, 5.74) is -0.0823. The first-order chi connectivity index (χ1) is 6.16. The second kappa shape index (κ2) is 3.71. The molecule has 0 saturated heterocycles. The van der Waals surface area contributed by atoms with Crippen molar-refractivity contribution in [1.29, 1.82) is 0 Å². The molecular formula is C9H7O4. The number of hydrogen-bond donors (Lipinski definition) is 1. The van der Waals surface area contributed by atoms with Crippen LogP contribution in [0.25, 0.3) is 0 Å². The molecule has 4 heteroatoms. The minimum absolute atomic E-state index is 0.00463. The number of carbonyl (C=O) groups is 2. The molecule has 0 aliphatic carbocycles. The Morgan fingerprint density at radius 3 is 2.23 bits per heavy atom. The molecule has 0 unspecified atom stereocenters. The summed E-state index contributed by atoms with van der Waals surface area (Å²) in [7, 11) is 2.92. The number of carboxylic acid groups (broad SMARTS) is 1. The number of ether oxygens (including phenoxy) is 1. The van der Waals surface area contributed by atoms with Crippen LogP contribution in [0.1, 0.15) is 20.7 Å². The molecular weight excluding hydrogens is 172 g/mol. The molecule has 67 valence electrons. The summed E-state index contributed by atoms with van der Waals surface area (Å²) < 4.78 is 4.17. The Balaban J connectivity index is 3.19. The Labute approximate surface area is 74.8 Å². The fourth-order valence-corrected chi connectivity index (χ4v) is 0.925. The van der Waals surface area contributed by atoms with Crippen LogP contribution in [0.2, 0.25) is 0 Å². The van der Waals surface area contributed by atoms with Crippen molar-refractivity contribution in [3.63, 3.8) is 0 Å². The quantitative estimate of drug-likeness (QED) is 0.695. The third-order valence-corrected chi connectivity index (χ3v) is 1.51. The molecule has 1 radical (unpaired) electrons. The number of esters is 1. The first-order valence-electron chi connectivity index (χ1n) is 3.45.